The quantitative estimate of drug-likeness (QED) is 0.175. The third-order valence-electron chi connectivity index (χ3n) is 6.24. The van der Waals surface area contributed by atoms with Crippen LogP contribution in [0.1, 0.15) is 18.3 Å². The minimum atomic E-state index is -3.87. The number of hydrogen-bond donors (Lipinski definition) is 4. The Hall–Kier alpha value is -3.67. The van der Waals surface area contributed by atoms with E-state index in [1.54, 1.807) is 10.6 Å². The molecule has 4 aromatic heterocycles. The molecule has 39 heavy (non-hydrogen) atoms. The molecule has 2 aliphatic heterocycles. The average molecular weight is 579 g/mol. The Labute approximate surface area is 223 Å². The summed E-state index contributed by atoms with van der Waals surface area (Å²) in [6.07, 6.45) is -0.674. The lowest BCUT2D eigenvalue weighted by Gasteiger charge is -2.24. The molecule has 1 saturated heterocycles. The molecule has 2 aliphatic rings. The molecule has 6 heterocycles. The van der Waals surface area contributed by atoms with Crippen LogP contribution >= 0.6 is 6.72 Å². The molecule has 2 bridgehead atoms. The van der Waals surface area contributed by atoms with Crippen LogP contribution in [-0.2, 0) is 48.2 Å². The molecule has 0 aromatic carbocycles. The zero-order valence-electron chi connectivity index (χ0n) is 20.0. The first-order chi connectivity index (χ1) is 18.7. The smallest absolute Gasteiger partial charge is 0.432 e. The van der Waals surface area contributed by atoms with Crippen molar-refractivity contribution in [3.8, 4) is 0 Å². The number of hydrogen-bond acceptors (Lipinski definition) is 14. The maximum Gasteiger partial charge on any atom is 0.508 e. The van der Waals surface area contributed by atoms with Gasteiger partial charge in [-0.2, -0.15) is 4.98 Å². The minimum absolute atomic E-state index is 0.0202. The fraction of sp³-hybridized carbons (Fsp3) is 0.400. The summed E-state index contributed by atoms with van der Waals surface area (Å²) in [6.45, 7) is -4.09. The van der Waals surface area contributed by atoms with Crippen molar-refractivity contribution in [3.63, 3.8) is 0 Å². The highest BCUT2D eigenvalue weighted by Gasteiger charge is 2.42. The van der Waals surface area contributed by atoms with Gasteiger partial charge >= 0.3 is 12.9 Å². The Balaban J connectivity index is 1.34. The number of carbonyl (C=O) groups excluding carboxylic acids is 1. The van der Waals surface area contributed by atoms with Gasteiger partial charge in [-0.25, -0.2) is 19.7 Å². The van der Waals surface area contributed by atoms with Gasteiger partial charge in [0.2, 0.25) is 5.95 Å². The Morgan fingerprint density at radius 2 is 2.03 bits per heavy atom. The zero-order chi connectivity index (χ0) is 27.3. The van der Waals surface area contributed by atoms with Crippen molar-refractivity contribution in [2.45, 2.75) is 38.0 Å². The van der Waals surface area contributed by atoms with Gasteiger partial charge in [-0.1, -0.05) is 0 Å². The van der Waals surface area contributed by atoms with Gasteiger partial charge in [-0.3, -0.25) is 14.3 Å². The molecule has 17 nitrogen and oxygen atoms in total. The van der Waals surface area contributed by atoms with Gasteiger partial charge in [-0.15, -0.1) is 0 Å². The molecule has 1 fully saturated rings. The molecule has 4 aromatic rings. The van der Waals surface area contributed by atoms with Crippen molar-refractivity contribution in [2.24, 2.45) is 0 Å². The number of cyclic esters (lactones) is 2. The number of anilines is 2. The van der Waals surface area contributed by atoms with E-state index in [4.69, 9.17) is 46.5 Å². The molecule has 0 radical (unpaired) electrons. The van der Waals surface area contributed by atoms with Crippen LogP contribution in [0.2, 0.25) is 0 Å². The van der Waals surface area contributed by atoms with Crippen LogP contribution in [0.25, 0.3) is 22.2 Å². The Morgan fingerprint density at radius 1 is 1.18 bits per heavy atom. The zero-order valence-corrected chi connectivity index (χ0v) is 21.7. The van der Waals surface area contributed by atoms with Gasteiger partial charge in [0.25, 0.3) is 5.56 Å². The van der Waals surface area contributed by atoms with Crippen LogP contribution < -0.4 is 17.0 Å². The van der Waals surface area contributed by atoms with Crippen LogP contribution in [0.3, 0.4) is 0 Å². The van der Waals surface area contributed by atoms with Crippen LogP contribution in [-0.4, -0.2) is 70.5 Å². The fourth-order valence-corrected chi connectivity index (χ4v) is 5.95. The summed E-state index contributed by atoms with van der Waals surface area (Å²) in [4.78, 5) is 54.4. The number of carbonyl (C=O) groups is 1. The lowest BCUT2D eigenvalue weighted by molar-refractivity contribution is -0.0556. The lowest BCUT2D eigenvalue weighted by atomic mass is 10.2. The number of H-pyrrole nitrogens is 1. The second-order valence-electron chi connectivity index (χ2n) is 8.74. The number of nitrogens with zero attached hydrogens (tertiary/aromatic N) is 6. The number of aromatic nitrogens is 7. The van der Waals surface area contributed by atoms with Crippen LogP contribution in [0.5, 0.6) is 0 Å². The van der Waals surface area contributed by atoms with Crippen LogP contribution in [0, 0.1) is 0 Å². The Bertz CT molecular complexity index is 1690. The van der Waals surface area contributed by atoms with Crippen molar-refractivity contribution < 1.29 is 32.9 Å². The Morgan fingerprint density at radius 3 is 2.87 bits per heavy atom. The number of imidazole rings is 1. The summed E-state index contributed by atoms with van der Waals surface area (Å²) in [6, 6.07) is 1.69. The van der Waals surface area contributed by atoms with E-state index in [0.717, 1.165) is 0 Å². The third-order valence-corrected chi connectivity index (χ3v) is 7.81. The predicted octanol–water partition coefficient (Wildman–Crippen LogP) is 0.302. The highest BCUT2D eigenvalue weighted by Crippen LogP contribution is 2.50. The first-order valence-electron chi connectivity index (χ1n) is 11.6. The average Bonchev–Trinajstić information content (AvgIpc) is 3.57. The highest BCUT2D eigenvalue weighted by molar-refractivity contribution is 8.07. The van der Waals surface area contributed by atoms with Gasteiger partial charge in [0.05, 0.1) is 31.0 Å². The molecule has 6 N–H and O–H groups in total. The molecule has 0 aliphatic carbocycles. The van der Waals surface area contributed by atoms with E-state index in [1.165, 1.54) is 17.2 Å². The minimum Gasteiger partial charge on any atom is -0.432 e. The monoisotopic (exact) mass is 579 g/mol. The molecule has 4 atom stereocenters. The van der Waals surface area contributed by atoms with Crippen LogP contribution in [0.4, 0.5) is 16.6 Å². The predicted molar refractivity (Wildman–Crippen MR) is 136 cm³/mol. The second-order valence-corrected chi connectivity index (χ2v) is 11.5. The SMILES string of the molecule is Nc1nc2c(ncn2[C@@H]2O[C@@H]3COC(=O)OCCn4c(cc5c(N)ncnc54)COP(O)(=S)O[C@@H]2C3)c(=O)[nH]1. The highest BCUT2D eigenvalue weighted by atomic mass is 32.5. The first-order valence-corrected chi connectivity index (χ1v) is 14.2. The summed E-state index contributed by atoms with van der Waals surface area (Å²) in [7, 11) is 0. The summed E-state index contributed by atoms with van der Waals surface area (Å²) >= 11 is 5.33. The first kappa shape index (κ1) is 25.6. The molecule has 19 heteroatoms. The number of nitrogen functional groups attached to an aromatic ring is 2. The van der Waals surface area contributed by atoms with E-state index in [2.05, 4.69) is 24.9 Å². The number of nitrogens with two attached hydrogens (primary N) is 2. The van der Waals surface area contributed by atoms with Gasteiger partial charge < -0.3 is 44.2 Å². The number of nitrogens with one attached hydrogen (secondary N) is 1. The molecule has 6 rings (SSSR count). The molecule has 0 spiro atoms. The van der Waals surface area contributed by atoms with Gasteiger partial charge in [0.15, 0.2) is 17.4 Å². The molecule has 206 valence electrons. The molecular formula is C20H22N9O8PS. The van der Waals surface area contributed by atoms with Crippen molar-refractivity contribution in [1.29, 1.82) is 0 Å². The largest absolute Gasteiger partial charge is 0.508 e. The summed E-state index contributed by atoms with van der Waals surface area (Å²) in [5, 5.41) is 0.549. The van der Waals surface area contributed by atoms with Crippen molar-refractivity contribution >= 4 is 58.6 Å². The third kappa shape index (κ3) is 4.93. The van der Waals surface area contributed by atoms with E-state index >= 15 is 0 Å². The van der Waals surface area contributed by atoms with Crippen molar-refractivity contribution in [2.75, 3.05) is 24.7 Å². The number of rotatable bonds is 1. The van der Waals surface area contributed by atoms with E-state index in [0.29, 0.717) is 16.7 Å². The van der Waals surface area contributed by atoms with Gasteiger partial charge in [0, 0.05) is 12.1 Å². The van der Waals surface area contributed by atoms with Gasteiger partial charge in [-0.05, 0) is 17.9 Å². The van der Waals surface area contributed by atoms with Gasteiger partial charge in [0.1, 0.15) is 37.1 Å². The second kappa shape index (κ2) is 9.82. The standard InChI is InChI=1S/C20H22N9O8PS/c21-14-11-3-9-5-35-38(32,39)37-12-4-10(6-34-20(31)33-2-1-28(9)15(11)24-7-23-14)36-18(12)29-8-25-13-16(29)26-19(22)27-17(13)30/h3,7-8,10,12,18H,1-2,4-6H2,(H,32,39)(H2,21,23,24)(H3,22,26,27,30)/t10-,12+,18+,38?/m0/s1. The maximum absolute atomic E-state index is 12.3. The Kier molecular flexibility index (Phi) is 6.44. The molecule has 0 amide bonds. The summed E-state index contributed by atoms with van der Waals surface area (Å²) in [5.74, 6) is 0.116. The normalized spacial score (nSPS) is 26.5. The summed E-state index contributed by atoms with van der Waals surface area (Å²) < 4.78 is 31.3. The maximum atomic E-state index is 12.3. The fourth-order valence-electron chi connectivity index (χ4n) is 4.57. The summed E-state index contributed by atoms with van der Waals surface area (Å²) in [5.41, 5.74) is 12.3. The topological polar surface area (TPSA) is 230 Å². The number of aromatic amines is 1. The van der Waals surface area contributed by atoms with Crippen LogP contribution in [0.15, 0.2) is 23.5 Å². The van der Waals surface area contributed by atoms with Crippen molar-refractivity contribution in [1.82, 2.24) is 34.1 Å². The van der Waals surface area contributed by atoms with E-state index in [9.17, 15) is 14.5 Å². The number of fused-ring (bicyclic) bond motifs is 6. The van der Waals surface area contributed by atoms with Crippen molar-refractivity contribution in [3.05, 3.63) is 34.8 Å². The van der Waals surface area contributed by atoms with E-state index in [1.807, 2.05) is 0 Å². The molecule has 1 unspecified atom stereocenters. The number of ether oxygens (including phenoxy) is 3. The lowest BCUT2D eigenvalue weighted by Crippen LogP contribution is -2.23. The molecule has 0 saturated carbocycles. The van der Waals surface area contributed by atoms with E-state index < -0.39 is 36.9 Å². The molecular weight excluding hydrogens is 557 g/mol. The van der Waals surface area contributed by atoms with E-state index in [-0.39, 0.29) is 55.7 Å².